The van der Waals surface area contributed by atoms with Crippen molar-refractivity contribution < 1.29 is 32.2 Å². The van der Waals surface area contributed by atoms with Crippen LogP contribution in [-0.2, 0) is 29.5 Å². The Morgan fingerprint density at radius 3 is 2.58 bits per heavy atom. The van der Waals surface area contributed by atoms with Gasteiger partial charge in [0.05, 0.1) is 20.8 Å². The molecule has 3 heterocycles. The lowest BCUT2D eigenvalue weighted by Crippen LogP contribution is -2.45. The monoisotopic (exact) mass is 455 g/mol. The molecule has 31 heavy (non-hydrogen) atoms. The Bertz CT molecular complexity index is 964. The number of nitrogens with zero attached hydrogens (tertiary/aromatic N) is 1. The van der Waals surface area contributed by atoms with E-state index in [-0.39, 0.29) is 5.56 Å². The van der Waals surface area contributed by atoms with E-state index in [9.17, 15) is 18.0 Å². The first-order valence-corrected chi connectivity index (χ1v) is 10.9. The van der Waals surface area contributed by atoms with Crippen LogP contribution in [0.4, 0.5) is 13.2 Å². The van der Waals surface area contributed by atoms with Crippen molar-refractivity contribution in [1.29, 1.82) is 0 Å². The maximum atomic E-state index is 13.5. The van der Waals surface area contributed by atoms with Crippen LogP contribution in [-0.4, -0.2) is 45.1 Å². The highest BCUT2D eigenvalue weighted by Gasteiger charge is 2.47. The third-order valence-electron chi connectivity index (χ3n) is 6.12. The van der Waals surface area contributed by atoms with Gasteiger partial charge in [-0.2, -0.15) is 13.2 Å². The van der Waals surface area contributed by atoms with Gasteiger partial charge in [-0.3, -0.25) is 9.69 Å². The number of fused-ring (bicyclic) bond motifs is 2. The molecule has 1 saturated heterocycles. The average Bonchev–Trinajstić information content (AvgIpc) is 3.16. The lowest BCUT2D eigenvalue weighted by Gasteiger charge is -2.44. The molecule has 2 aliphatic heterocycles. The summed E-state index contributed by atoms with van der Waals surface area (Å²) in [6, 6.07) is 5.68. The molecule has 1 spiro atoms. The van der Waals surface area contributed by atoms with Crippen LogP contribution in [0.3, 0.4) is 0 Å². The average molecular weight is 455 g/mol. The van der Waals surface area contributed by atoms with Gasteiger partial charge in [-0.05, 0) is 30.9 Å². The molecular weight excluding hydrogens is 431 g/mol. The number of carbonyl (C=O) groups is 1. The maximum Gasteiger partial charge on any atom is 0.426 e. The van der Waals surface area contributed by atoms with E-state index in [1.165, 1.54) is 0 Å². The number of likely N-dealkylation sites (tertiary alicyclic amines) is 1. The molecule has 0 unspecified atom stereocenters. The Labute approximate surface area is 182 Å². The topological polar surface area (TPSA) is 48.0 Å². The van der Waals surface area contributed by atoms with Crippen LogP contribution >= 0.6 is 11.3 Å². The van der Waals surface area contributed by atoms with Gasteiger partial charge in [0, 0.05) is 41.7 Å². The fraction of sp³-hybridized carbons (Fsp3) is 0.500. The highest BCUT2D eigenvalue weighted by atomic mass is 32.1. The molecule has 0 N–H and O–H groups in total. The molecule has 2 aliphatic rings. The zero-order chi connectivity index (χ0) is 22.2. The molecule has 0 radical (unpaired) electrons. The summed E-state index contributed by atoms with van der Waals surface area (Å²) in [5, 5.41) is 0. The molecule has 1 fully saturated rings. The zero-order valence-corrected chi connectivity index (χ0v) is 18.2. The van der Waals surface area contributed by atoms with E-state index in [2.05, 4.69) is 4.90 Å². The van der Waals surface area contributed by atoms with Gasteiger partial charge in [-0.1, -0.05) is 6.07 Å². The summed E-state index contributed by atoms with van der Waals surface area (Å²) in [4.78, 5) is 13.5. The highest BCUT2D eigenvalue weighted by molar-refractivity contribution is 7.12. The minimum Gasteiger partial charge on any atom is -0.497 e. The number of carbonyl (C=O) groups excluding carboxylic acids is 1. The molecule has 0 bridgehead atoms. The number of methoxy groups -OCH3 is 2. The summed E-state index contributed by atoms with van der Waals surface area (Å²) >= 11 is 0.681. The largest absolute Gasteiger partial charge is 0.497 e. The van der Waals surface area contributed by atoms with Crippen molar-refractivity contribution in [2.75, 3.05) is 33.9 Å². The first-order chi connectivity index (χ1) is 14.8. The van der Waals surface area contributed by atoms with Gasteiger partial charge in [0.1, 0.15) is 22.0 Å². The van der Waals surface area contributed by atoms with Crippen LogP contribution < -0.4 is 9.47 Å². The lowest BCUT2D eigenvalue weighted by atomic mass is 9.84. The minimum atomic E-state index is -4.54. The predicted octanol–water partition coefficient (Wildman–Crippen LogP) is 4.66. The van der Waals surface area contributed by atoms with Crippen LogP contribution in [0.15, 0.2) is 18.2 Å². The number of hydrogen-bond acceptors (Lipinski definition) is 6. The van der Waals surface area contributed by atoms with E-state index >= 15 is 0 Å². The zero-order valence-electron chi connectivity index (χ0n) is 17.4. The van der Waals surface area contributed by atoms with Gasteiger partial charge < -0.3 is 14.2 Å². The minimum absolute atomic E-state index is 0.208. The quantitative estimate of drug-likeness (QED) is 0.614. The number of thiophene rings is 1. The SMILES string of the molecule is COc1ccc(CN2CCC3(CC2)OCCc2c3sc(C(F)(F)F)c2C=O)c(OC)c1. The molecule has 0 saturated carbocycles. The van der Waals surface area contributed by atoms with Gasteiger partial charge in [-0.15, -0.1) is 11.3 Å². The second-order valence-corrected chi connectivity index (χ2v) is 8.84. The van der Waals surface area contributed by atoms with Crippen molar-refractivity contribution in [3.8, 4) is 11.5 Å². The van der Waals surface area contributed by atoms with E-state index in [1.807, 2.05) is 18.2 Å². The van der Waals surface area contributed by atoms with Crippen LogP contribution in [0.2, 0.25) is 0 Å². The first kappa shape index (κ1) is 22.1. The number of ether oxygens (including phenoxy) is 3. The van der Waals surface area contributed by atoms with Gasteiger partial charge >= 0.3 is 6.18 Å². The normalized spacial score (nSPS) is 18.6. The molecule has 1 aromatic heterocycles. The van der Waals surface area contributed by atoms with Gasteiger partial charge in [0.25, 0.3) is 0 Å². The number of halogens is 3. The second-order valence-electron chi connectivity index (χ2n) is 7.81. The molecule has 5 nitrogen and oxygen atoms in total. The number of piperidine rings is 1. The van der Waals surface area contributed by atoms with Crippen molar-refractivity contribution in [2.24, 2.45) is 0 Å². The van der Waals surface area contributed by atoms with E-state index in [0.29, 0.717) is 79.3 Å². The van der Waals surface area contributed by atoms with Crippen molar-refractivity contribution in [3.05, 3.63) is 44.6 Å². The number of aldehydes is 1. The molecule has 0 atom stereocenters. The summed E-state index contributed by atoms with van der Waals surface area (Å²) < 4.78 is 57.3. The van der Waals surface area contributed by atoms with E-state index < -0.39 is 16.7 Å². The smallest absolute Gasteiger partial charge is 0.426 e. The Balaban J connectivity index is 1.54. The molecule has 1 aromatic carbocycles. The van der Waals surface area contributed by atoms with Crippen molar-refractivity contribution in [1.82, 2.24) is 4.90 Å². The van der Waals surface area contributed by atoms with Gasteiger partial charge in [0.15, 0.2) is 6.29 Å². The van der Waals surface area contributed by atoms with Gasteiger partial charge in [-0.25, -0.2) is 0 Å². The standard InChI is InChI=1S/C22H24F3NO4S/c1-28-15-4-3-14(18(11-15)29-2)12-26-8-6-21(7-9-26)19-16(5-10-30-21)17(13-27)20(31-19)22(23,24)25/h3-4,11,13H,5-10,12H2,1-2H3. The number of hydrogen-bond donors (Lipinski definition) is 0. The molecule has 0 aliphatic carbocycles. The lowest BCUT2D eigenvalue weighted by molar-refractivity contribution is -0.134. The molecular formula is C22H24F3NO4S. The van der Waals surface area contributed by atoms with Crippen molar-refractivity contribution in [3.63, 3.8) is 0 Å². The summed E-state index contributed by atoms with van der Waals surface area (Å²) in [5.41, 5.74) is 0.577. The summed E-state index contributed by atoms with van der Waals surface area (Å²) in [7, 11) is 3.21. The Hall–Kier alpha value is -2.10. The third kappa shape index (κ3) is 4.06. The first-order valence-electron chi connectivity index (χ1n) is 10.1. The molecule has 2 aromatic rings. The number of alkyl halides is 3. The summed E-state index contributed by atoms with van der Waals surface area (Å²) in [5.74, 6) is 1.45. The summed E-state index contributed by atoms with van der Waals surface area (Å²) in [6.07, 6.45) is -2.69. The van der Waals surface area contributed by atoms with Crippen LogP contribution in [0.1, 0.15) is 44.1 Å². The Kier molecular flexibility index (Phi) is 6.02. The highest BCUT2D eigenvalue weighted by Crippen LogP contribution is 2.50. The van der Waals surface area contributed by atoms with Crippen LogP contribution in [0.25, 0.3) is 0 Å². The third-order valence-corrected chi connectivity index (χ3v) is 7.60. The van der Waals surface area contributed by atoms with Crippen LogP contribution in [0.5, 0.6) is 11.5 Å². The van der Waals surface area contributed by atoms with Crippen molar-refractivity contribution >= 4 is 17.6 Å². The molecule has 168 valence electrons. The summed E-state index contributed by atoms with van der Waals surface area (Å²) in [6.45, 7) is 2.33. The molecule has 0 amide bonds. The Morgan fingerprint density at radius 2 is 1.97 bits per heavy atom. The second kappa shape index (κ2) is 8.44. The number of rotatable bonds is 5. The number of benzene rings is 1. The van der Waals surface area contributed by atoms with E-state index in [1.54, 1.807) is 14.2 Å². The molecule has 9 heteroatoms. The maximum absolute atomic E-state index is 13.5. The van der Waals surface area contributed by atoms with Gasteiger partial charge in [0.2, 0.25) is 0 Å². The fourth-order valence-corrected chi connectivity index (χ4v) is 5.90. The molecule has 4 rings (SSSR count). The van der Waals surface area contributed by atoms with E-state index in [0.717, 1.165) is 11.3 Å². The van der Waals surface area contributed by atoms with E-state index in [4.69, 9.17) is 14.2 Å². The van der Waals surface area contributed by atoms with Crippen LogP contribution in [0, 0.1) is 0 Å². The predicted molar refractivity (Wildman–Crippen MR) is 110 cm³/mol. The van der Waals surface area contributed by atoms with Crippen molar-refractivity contribution in [2.45, 2.75) is 37.6 Å². The Morgan fingerprint density at radius 1 is 1.23 bits per heavy atom. The fourth-order valence-electron chi connectivity index (χ4n) is 4.51.